The molecule has 2 heterocycles. The van der Waals surface area contributed by atoms with E-state index in [0.717, 1.165) is 16.8 Å². The number of nitrogens with two attached hydrogens (primary N) is 1. The van der Waals surface area contributed by atoms with E-state index in [1.807, 2.05) is 0 Å². The van der Waals surface area contributed by atoms with E-state index in [-0.39, 0.29) is 5.41 Å². The van der Waals surface area contributed by atoms with Crippen LogP contribution in [0.15, 0.2) is 9.68 Å². The Morgan fingerprint density at radius 3 is 2.67 bits per heavy atom. The second kappa shape index (κ2) is 5.42. The van der Waals surface area contributed by atoms with Crippen LogP contribution in [0.25, 0.3) is 0 Å². The second-order valence-electron chi connectivity index (χ2n) is 6.25. The molecular formula is C13H20N6OS. The van der Waals surface area contributed by atoms with Crippen LogP contribution in [-0.2, 0) is 17.7 Å². The predicted molar refractivity (Wildman–Crippen MR) is 78.7 cm³/mol. The van der Waals surface area contributed by atoms with Crippen LogP contribution in [-0.4, -0.2) is 24.9 Å². The van der Waals surface area contributed by atoms with E-state index in [4.69, 9.17) is 10.3 Å². The van der Waals surface area contributed by atoms with Crippen molar-refractivity contribution in [1.29, 1.82) is 0 Å². The number of thioether (sulfide) groups is 1. The highest BCUT2D eigenvalue weighted by Gasteiger charge is 2.29. The Morgan fingerprint density at radius 1 is 1.33 bits per heavy atom. The molecule has 1 aliphatic rings. The van der Waals surface area contributed by atoms with Gasteiger partial charge in [0, 0.05) is 11.5 Å². The van der Waals surface area contributed by atoms with Crippen LogP contribution < -0.4 is 5.73 Å². The summed E-state index contributed by atoms with van der Waals surface area (Å²) in [6, 6.07) is 0.508. The monoisotopic (exact) mass is 308 g/mol. The quantitative estimate of drug-likeness (QED) is 0.844. The number of hydrogen-bond donors (Lipinski definition) is 1. The van der Waals surface area contributed by atoms with Crippen molar-refractivity contribution in [3.63, 3.8) is 0 Å². The molecule has 0 saturated heterocycles. The molecule has 0 unspecified atom stereocenters. The maximum Gasteiger partial charge on any atom is 0.237 e. The van der Waals surface area contributed by atoms with Gasteiger partial charge in [-0.25, -0.2) is 0 Å². The van der Waals surface area contributed by atoms with E-state index < -0.39 is 0 Å². The van der Waals surface area contributed by atoms with Crippen LogP contribution in [0.5, 0.6) is 0 Å². The first kappa shape index (κ1) is 14.5. The summed E-state index contributed by atoms with van der Waals surface area (Å²) in [5.74, 6) is 2.79. The minimum absolute atomic E-state index is 0.104. The standard InChI is InChI=1S/C13H20N6OS/c1-13(2,3)11-15-10(20-18-11)7-21-12-17-16-9(6-14)19(12)8-4-5-8/h8H,4-7,14H2,1-3H3. The van der Waals surface area contributed by atoms with Crippen LogP contribution >= 0.6 is 11.8 Å². The normalized spacial score (nSPS) is 15.6. The van der Waals surface area contributed by atoms with Crippen molar-refractivity contribution in [2.45, 2.75) is 62.5 Å². The van der Waals surface area contributed by atoms with Gasteiger partial charge in [0.2, 0.25) is 5.89 Å². The first-order valence-corrected chi connectivity index (χ1v) is 8.07. The average molecular weight is 308 g/mol. The molecule has 0 bridgehead atoms. The highest BCUT2D eigenvalue weighted by molar-refractivity contribution is 7.98. The van der Waals surface area contributed by atoms with E-state index in [1.165, 1.54) is 12.8 Å². The van der Waals surface area contributed by atoms with Crippen molar-refractivity contribution < 1.29 is 4.52 Å². The lowest BCUT2D eigenvalue weighted by Gasteiger charge is -2.10. The Hall–Kier alpha value is -1.41. The zero-order chi connectivity index (χ0) is 15.0. The number of nitrogens with zero attached hydrogens (tertiary/aromatic N) is 5. The Labute approximate surface area is 127 Å². The molecule has 1 saturated carbocycles. The summed E-state index contributed by atoms with van der Waals surface area (Å²) in [4.78, 5) is 4.43. The first-order chi connectivity index (χ1) is 9.99. The van der Waals surface area contributed by atoms with Crippen molar-refractivity contribution in [2.24, 2.45) is 5.73 Å². The van der Waals surface area contributed by atoms with Gasteiger partial charge in [-0.1, -0.05) is 37.7 Å². The molecule has 0 atom stereocenters. The zero-order valence-electron chi connectivity index (χ0n) is 12.5. The van der Waals surface area contributed by atoms with Crippen LogP contribution in [0, 0.1) is 0 Å². The molecule has 1 aliphatic carbocycles. The molecule has 7 nitrogen and oxygen atoms in total. The molecule has 3 rings (SSSR count). The molecule has 1 fully saturated rings. The molecule has 0 amide bonds. The third-order valence-corrected chi connectivity index (χ3v) is 4.22. The molecule has 0 aliphatic heterocycles. The van der Waals surface area contributed by atoms with E-state index in [0.29, 0.717) is 24.2 Å². The van der Waals surface area contributed by atoms with Crippen LogP contribution in [0.1, 0.15) is 57.2 Å². The fourth-order valence-electron chi connectivity index (χ4n) is 1.99. The van der Waals surface area contributed by atoms with E-state index >= 15 is 0 Å². The molecule has 2 aromatic heterocycles. The van der Waals surface area contributed by atoms with E-state index in [1.54, 1.807) is 11.8 Å². The zero-order valence-corrected chi connectivity index (χ0v) is 13.4. The molecule has 2 N–H and O–H groups in total. The first-order valence-electron chi connectivity index (χ1n) is 7.08. The largest absolute Gasteiger partial charge is 0.338 e. The highest BCUT2D eigenvalue weighted by atomic mass is 32.2. The van der Waals surface area contributed by atoms with Crippen molar-refractivity contribution in [2.75, 3.05) is 0 Å². The van der Waals surface area contributed by atoms with Crippen molar-refractivity contribution in [1.82, 2.24) is 24.9 Å². The Kier molecular flexibility index (Phi) is 3.75. The van der Waals surface area contributed by atoms with Crippen LogP contribution in [0.3, 0.4) is 0 Å². The highest BCUT2D eigenvalue weighted by Crippen LogP contribution is 2.39. The van der Waals surface area contributed by atoms with Crippen LogP contribution in [0.4, 0.5) is 0 Å². The molecule has 2 aromatic rings. The lowest BCUT2D eigenvalue weighted by atomic mass is 9.96. The van der Waals surface area contributed by atoms with Gasteiger partial charge < -0.3 is 14.8 Å². The van der Waals surface area contributed by atoms with Gasteiger partial charge in [0.15, 0.2) is 11.0 Å². The molecule has 114 valence electrons. The number of aromatic nitrogens is 5. The third kappa shape index (κ3) is 3.11. The fraction of sp³-hybridized carbons (Fsp3) is 0.692. The summed E-state index contributed by atoms with van der Waals surface area (Å²) in [6.45, 7) is 6.60. The van der Waals surface area contributed by atoms with Gasteiger partial charge in [-0.3, -0.25) is 0 Å². The summed E-state index contributed by atoms with van der Waals surface area (Å²) in [6.07, 6.45) is 2.35. The maximum absolute atomic E-state index is 5.71. The third-order valence-electron chi connectivity index (χ3n) is 3.29. The topological polar surface area (TPSA) is 95.6 Å². The van der Waals surface area contributed by atoms with Gasteiger partial charge in [-0.2, -0.15) is 4.98 Å². The number of rotatable bonds is 5. The van der Waals surface area contributed by atoms with E-state index in [2.05, 4.69) is 45.7 Å². The molecule has 0 spiro atoms. The van der Waals surface area contributed by atoms with Crippen LogP contribution in [0.2, 0.25) is 0 Å². The lowest BCUT2D eigenvalue weighted by molar-refractivity contribution is 0.372. The Bertz CT molecular complexity index is 625. The van der Waals surface area contributed by atoms with Gasteiger partial charge in [-0.05, 0) is 12.8 Å². The predicted octanol–water partition coefficient (Wildman–Crippen LogP) is 2.04. The lowest BCUT2D eigenvalue weighted by Crippen LogP contribution is -2.13. The van der Waals surface area contributed by atoms with Gasteiger partial charge in [-0.15, -0.1) is 10.2 Å². The maximum atomic E-state index is 5.71. The molecule has 0 radical (unpaired) electrons. The Morgan fingerprint density at radius 2 is 2.10 bits per heavy atom. The second-order valence-corrected chi connectivity index (χ2v) is 7.20. The van der Waals surface area contributed by atoms with E-state index in [9.17, 15) is 0 Å². The van der Waals surface area contributed by atoms with Crippen molar-refractivity contribution in [3.8, 4) is 0 Å². The summed E-state index contributed by atoms with van der Waals surface area (Å²) in [5, 5.41) is 13.3. The SMILES string of the molecule is CC(C)(C)c1noc(CSc2nnc(CN)n2C2CC2)n1. The van der Waals surface area contributed by atoms with Crippen molar-refractivity contribution in [3.05, 3.63) is 17.5 Å². The Balaban J connectivity index is 1.70. The molecule has 8 heteroatoms. The minimum atomic E-state index is -0.104. The summed E-state index contributed by atoms with van der Waals surface area (Å²) < 4.78 is 7.44. The fourth-order valence-corrected chi connectivity index (χ4v) is 2.85. The molecule has 0 aromatic carbocycles. The summed E-state index contributed by atoms with van der Waals surface area (Å²) >= 11 is 1.57. The average Bonchev–Trinajstić information content (AvgIpc) is 3.01. The molecule has 21 heavy (non-hydrogen) atoms. The minimum Gasteiger partial charge on any atom is -0.338 e. The van der Waals surface area contributed by atoms with Gasteiger partial charge in [0.1, 0.15) is 5.82 Å². The van der Waals surface area contributed by atoms with Gasteiger partial charge >= 0.3 is 0 Å². The number of hydrogen-bond acceptors (Lipinski definition) is 7. The smallest absolute Gasteiger partial charge is 0.237 e. The van der Waals surface area contributed by atoms with Crippen molar-refractivity contribution >= 4 is 11.8 Å². The summed E-state index contributed by atoms with van der Waals surface area (Å²) in [5.41, 5.74) is 5.61. The molecular weight excluding hydrogens is 288 g/mol. The van der Waals surface area contributed by atoms with Gasteiger partial charge in [0.05, 0.1) is 12.3 Å². The summed E-state index contributed by atoms with van der Waals surface area (Å²) in [7, 11) is 0. The van der Waals surface area contributed by atoms with Gasteiger partial charge in [0.25, 0.3) is 0 Å².